The Bertz CT molecular complexity index is 396. The van der Waals surface area contributed by atoms with Crippen LogP contribution >= 0.6 is 0 Å². The van der Waals surface area contributed by atoms with Gasteiger partial charge < -0.3 is 0 Å². The molecular formula is C8H15N3O2S. The van der Waals surface area contributed by atoms with Crippen molar-refractivity contribution in [2.75, 3.05) is 13.3 Å². The molecule has 6 heteroatoms. The summed E-state index contributed by atoms with van der Waals surface area (Å²) in [6.07, 6.45) is 4.73. The summed E-state index contributed by atoms with van der Waals surface area (Å²) in [6.45, 7) is 3.15. The molecule has 0 fully saturated rings. The predicted molar refractivity (Wildman–Crippen MR) is 54.2 cm³/mol. The molecule has 0 spiro atoms. The average Bonchev–Trinajstić information content (AvgIpc) is 2.50. The number of aromatic nitrogens is 2. The quantitative estimate of drug-likeness (QED) is 0.728. The molecule has 80 valence electrons. The highest BCUT2D eigenvalue weighted by molar-refractivity contribution is 7.88. The molecule has 0 unspecified atom stereocenters. The molecule has 0 aromatic carbocycles. The zero-order valence-electron chi connectivity index (χ0n) is 8.64. The van der Waals surface area contributed by atoms with Crippen LogP contribution in [0.1, 0.15) is 12.5 Å². The van der Waals surface area contributed by atoms with E-state index in [1.54, 1.807) is 17.9 Å². The van der Waals surface area contributed by atoms with Gasteiger partial charge in [0, 0.05) is 31.9 Å². The van der Waals surface area contributed by atoms with Gasteiger partial charge in [-0.15, -0.1) is 0 Å². The molecule has 5 nitrogen and oxygen atoms in total. The smallest absolute Gasteiger partial charge is 0.211 e. The first-order valence-electron chi connectivity index (χ1n) is 4.36. The highest BCUT2D eigenvalue weighted by Gasteiger charge is 2.11. The van der Waals surface area contributed by atoms with Crippen LogP contribution in [0.25, 0.3) is 0 Å². The molecule has 1 heterocycles. The Kier molecular flexibility index (Phi) is 3.28. The molecule has 1 aromatic heterocycles. The molecule has 0 aliphatic rings. The maximum Gasteiger partial charge on any atom is 0.211 e. The van der Waals surface area contributed by atoms with Crippen LogP contribution in [0, 0.1) is 0 Å². The number of hydrogen-bond donors (Lipinski definition) is 0. The van der Waals surface area contributed by atoms with E-state index in [-0.39, 0.29) is 0 Å². The van der Waals surface area contributed by atoms with Crippen molar-refractivity contribution in [1.29, 1.82) is 0 Å². The summed E-state index contributed by atoms with van der Waals surface area (Å²) in [5.74, 6) is 0. The van der Waals surface area contributed by atoms with Crippen LogP contribution in [0.3, 0.4) is 0 Å². The van der Waals surface area contributed by atoms with E-state index in [2.05, 4.69) is 5.10 Å². The van der Waals surface area contributed by atoms with E-state index in [1.807, 2.05) is 13.1 Å². The van der Waals surface area contributed by atoms with Crippen molar-refractivity contribution in [3.63, 3.8) is 0 Å². The fourth-order valence-corrected chi connectivity index (χ4v) is 1.42. The molecule has 0 radical (unpaired) electrons. The monoisotopic (exact) mass is 217 g/mol. The van der Waals surface area contributed by atoms with Crippen LogP contribution in [0.2, 0.25) is 0 Å². The van der Waals surface area contributed by atoms with Crippen molar-refractivity contribution < 1.29 is 8.42 Å². The van der Waals surface area contributed by atoms with Crippen LogP contribution in [-0.4, -0.2) is 35.8 Å². The lowest BCUT2D eigenvalue weighted by molar-refractivity contribution is 0.472. The second-order valence-corrected chi connectivity index (χ2v) is 5.31. The molecule has 0 saturated carbocycles. The van der Waals surface area contributed by atoms with Crippen LogP contribution < -0.4 is 0 Å². The third-order valence-corrected chi connectivity index (χ3v) is 3.24. The van der Waals surface area contributed by atoms with E-state index in [1.165, 1.54) is 10.6 Å². The Balaban J connectivity index is 2.70. The van der Waals surface area contributed by atoms with Gasteiger partial charge in [-0.3, -0.25) is 4.68 Å². The van der Waals surface area contributed by atoms with Gasteiger partial charge in [-0.05, 0) is 6.92 Å². The number of hydrogen-bond acceptors (Lipinski definition) is 3. The molecule has 14 heavy (non-hydrogen) atoms. The number of aryl methyl sites for hydroxylation is 1. The lowest BCUT2D eigenvalue weighted by Gasteiger charge is -2.11. The lowest BCUT2D eigenvalue weighted by atomic mass is 10.4. The summed E-state index contributed by atoms with van der Waals surface area (Å²) in [4.78, 5) is 0. The van der Waals surface area contributed by atoms with Crippen molar-refractivity contribution in [2.24, 2.45) is 0 Å². The maximum absolute atomic E-state index is 11.1. The zero-order valence-corrected chi connectivity index (χ0v) is 9.45. The first-order chi connectivity index (χ1) is 6.43. The predicted octanol–water partition coefficient (Wildman–Crippen LogP) is 0.294. The molecule has 0 saturated heterocycles. The van der Waals surface area contributed by atoms with E-state index in [9.17, 15) is 8.42 Å². The summed E-state index contributed by atoms with van der Waals surface area (Å²) in [5.41, 5.74) is 0.903. The van der Waals surface area contributed by atoms with Gasteiger partial charge in [0.25, 0.3) is 0 Å². The molecule has 0 amide bonds. The second-order valence-electron chi connectivity index (χ2n) is 3.22. The van der Waals surface area contributed by atoms with Crippen LogP contribution in [-0.2, 0) is 23.1 Å². The molecule has 0 aliphatic heterocycles. The summed E-state index contributed by atoms with van der Waals surface area (Å²) in [7, 11) is -1.55. The van der Waals surface area contributed by atoms with Gasteiger partial charge in [-0.2, -0.15) is 5.10 Å². The molecule has 1 aromatic rings. The van der Waals surface area contributed by atoms with Crippen molar-refractivity contribution in [3.05, 3.63) is 18.0 Å². The Morgan fingerprint density at radius 1 is 1.57 bits per heavy atom. The zero-order chi connectivity index (χ0) is 10.8. The molecule has 1 rings (SSSR count). The topological polar surface area (TPSA) is 55.2 Å². The highest BCUT2D eigenvalue weighted by atomic mass is 32.2. The first kappa shape index (κ1) is 11.2. The van der Waals surface area contributed by atoms with E-state index in [4.69, 9.17) is 0 Å². The maximum atomic E-state index is 11.1. The Morgan fingerprint density at radius 3 is 2.64 bits per heavy atom. The minimum absolute atomic E-state index is 0.374. The fraction of sp³-hybridized carbons (Fsp3) is 0.625. The number of rotatable bonds is 4. The van der Waals surface area contributed by atoms with Crippen molar-refractivity contribution in [2.45, 2.75) is 20.0 Å². The minimum atomic E-state index is -3.10. The van der Waals surface area contributed by atoms with E-state index < -0.39 is 10.0 Å². The molecule has 0 bridgehead atoms. The van der Waals surface area contributed by atoms with E-state index in [0.29, 0.717) is 6.54 Å². The number of nitrogens with zero attached hydrogens (tertiary/aromatic N) is 3. The Labute approximate surface area is 84.4 Å². The van der Waals surface area contributed by atoms with Crippen LogP contribution in [0.15, 0.2) is 12.4 Å². The Morgan fingerprint density at radius 2 is 2.21 bits per heavy atom. The Hall–Kier alpha value is -0.880. The summed E-state index contributed by atoms with van der Waals surface area (Å²) < 4.78 is 25.3. The highest BCUT2D eigenvalue weighted by Crippen LogP contribution is 2.04. The van der Waals surface area contributed by atoms with Crippen LogP contribution in [0.4, 0.5) is 0 Å². The van der Waals surface area contributed by atoms with E-state index in [0.717, 1.165) is 12.1 Å². The molecule has 0 atom stereocenters. The van der Waals surface area contributed by atoms with Gasteiger partial charge in [0.1, 0.15) is 0 Å². The minimum Gasteiger partial charge on any atom is -0.273 e. The van der Waals surface area contributed by atoms with Gasteiger partial charge in [-0.1, -0.05) is 0 Å². The molecule has 0 aliphatic carbocycles. The third-order valence-electron chi connectivity index (χ3n) is 1.98. The first-order valence-corrected chi connectivity index (χ1v) is 6.21. The summed E-state index contributed by atoms with van der Waals surface area (Å²) in [5, 5.41) is 4.06. The van der Waals surface area contributed by atoms with Crippen molar-refractivity contribution in [3.8, 4) is 0 Å². The van der Waals surface area contributed by atoms with Gasteiger partial charge in [0.15, 0.2) is 0 Å². The van der Waals surface area contributed by atoms with Crippen molar-refractivity contribution >= 4 is 10.0 Å². The standard InChI is InChI=1S/C8H15N3O2S/c1-4-11-7-8(5-9-11)6-10(2)14(3,12)13/h5,7H,4,6H2,1-3H3. The summed E-state index contributed by atoms with van der Waals surface area (Å²) >= 11 is 0. The fourth-order valence-electron chi connectivity index (χ4n) is 1.04. The lowest BCUT2D eigenvalue weighted by Crippen LogP contribution is -2.24. The second kappa shape index (κ2) is 4.10. The SMILES string of the molecule is CCn1cc(CN(C)S(C)(=O)=O)cn1. The number of sulfonamides is 1. The van der Waals surface area contributed by atoms with E-state index >= 15 is 0 Å². The molecular weight excluding hydrogens is 202 g/mol. The van der Waals surface area contributed by atoms with Gasteiger partial charge in [-0.25, -0.2) is 12.7 Å². The van der Waals surface area contributed by atoms with Crippen LogP contribution in [0.5, 0.6) is 0 Å². The largest absolute Gasteiger partial charge is 0.273 e. The molecule has 0 N–H and O–H groups in total. The third kappa shape index (κ3) is 2.81. The average molecular weight is 217 g/mol. The summed E-state index contributed by atoms with van der Waals surface area (Å²) in [6, 6.07) is 0. The van der Waals surface area contributed by atoms with Gasteiger partial charge in [0.05, 0.1) is 12.5 Å². The normalized spacial score (nSPS) is 12.3. The van der Waals surface area contributed by atoms with Gasteiger partial charge >= 0.3 is 0 Å². The van der Waals surface area contributed by atoms with Crippen molar-refractivity contribution in [1.82, 2.24) is 14.1 Å². The van der Waals surface area contributed by atoms with Gasteiger partial charge in [0.2, 0.25) is 10.0 Å².